The van der Waals surface area contributed by atoms with Crippen molar-refractivity contribution in [2.24, 2.45) is 0 Å². The van der Waals surface area contributed by atoms with Crippen molar-refractivity contribution in [2.45, 2.75) is 25.0 Å². The van der Waals surface area contributed by atoms with Crippen LogP contribution < -0.4 is 0 Å². The Morgan fingerprint density at radius 3 is 1.43 bits per heavy atom. The molecular formula is C9H20O5. The molecule has 0 saturated carbocycles. The molecule has 0 rings (SSSR count). The zero-order valence-corrected chi connectivity index (χ0v) is 8.64. The van der Waals surface area contributed by atoms with Crippen molar-refractivity contribution < 1.29 is 25.5 Å². The van der Waals surface area contributed by atoms with Gasteiger partial charge in [0.15, 0.2) is 0 Å². The summed E-state index contributed by atoms with van der Waals surface area (Å²) in [5, 5.41) is 44.2. The lowest BCUT2D eigenvalue weighted by Crippen LogP contribution is -2.59. The van der Waals surface area contributed by atoms with Gasteiger partial charge < -0.3 is 25.5 Å². The lowest BCUT2D eigenvalue weighted by atomic mass is 9.86. The van der Waals surface area contributed by atoms with Crippen molar-refractivity contribution in [3.63, 3.8) is 0 Å². The minimum Gasteiger partial charge on any atom is -0.393 e. The van der Waals surface area contributed by atoms with E-state index in [2.05, 4.69) is 6.58 Å². The van der Waals surface area contributed by atoms with Crippen LogP contribution in [0, 0.1) is 0 Å². The van der Waals surface area contributed by atoms with Gasteiger partial charge in [0.1, 0.15) is 11.2 Å². The molecule has 0 spiro atoms. The SMILES string of the molecule is C=CC.CC(O)(CO)C(O)(CO)CO. The molecule has 0 aliphatic rings. The third-order valence-corrected chi connectivity index (χ3v) is 1.83. The van der Waals surface area contributed by atoms with Crippen LogP contribution in [0.2, 0.25) is 0 Å². The topological polar surface area (TPSA) is 101 Å². The molecule has 86 valence electrons. The number of rotatable bonds is 4. The molecule has 0 heterocycles. The molecule has 0 aliphatic heterocycles. The van der Waals surface area contributed by atoms with Gasteiger partial charge in [-0.1, -0.05) is 6.08 Å². The summed E-state index contributed by atoms with van der Waals surface area (Å²) >= 11 is 0. The standard InChI is InChI=1S/C6H14O5.C3H6/c1-5(10,2-7)6(11,3-8)4-9;1-3-2/h7-11H,2-4H2,1H3;3H,1H2,2H3. The second kappa shape index (κ2) is 6.92. The molecule has 14 heavy (non-hydrogen) atoms. The lowest BCUT2D eigenvalue weighted by molar-refractivity contribution is -0.196. The molecule has 5 heteroatoms. The third kappa shape index (κ3) is 4.17. The number of hydrogen-bond donors (Lipinski definition) is 5. The predicted molar refractivity (Wildman–Crippen MR) is 52.7 cm³/mol. The van der Waals surface area contributed by atoms with Gasteiger partial charge in [0, 0.05) is 0 Å². The second-order valence-corrected chi connectivity index (χ2v) is 3.19. The summed E-state index contributed by atoms with van der Waals surface area (Å²) < 4.78 is 0. The Labute approximate surface area is 83.9 Å². The zero-order valence-electron chi connectivity index (χ0n) is 8.64. The number of allylic oxidation sites excluding steroid dienone is 1. The quantitative estimate of drug-likeness (QED) is 0.367. The number of aliphatic hydroxyl groups is 5. The highest BCUT2D eigenvalue weighted by Gasteiger charge is 2.44. The summed E-state index contributed by atoms with van der Waals surface area (Å²) in [4.78, 5) is 0. The van der Waals surface area contributed by atoms with E-state index >= 15 is 0 Å². The maximum absolute atomic E-state index is 9.25. The fourth-order valence-corrected chi connectivity index (χ4v) is 0.538. The van der Waals surface area contributed by atoms with Crippen LogP contribution >= 0.6 is 0 Å². The van der Waals surface area contributed by atoms with Crippen LogP contribution in [0.1, 0.15) is 13.8 Å². The first kappa shape index (κ1) is 16.0. The van der Waals surface area contributed by atoms with Crippen molar-refractivity contribution in [2.75, 3.05) is 19.8 Å². The molecule has 0 bridgehead atoms. The predicted octanol–water partition coefficient (Wildman–Crippen LogP) is -1.36. The fraction of sp³-hybridized carbons (Fsp3) is 0.778. The van der Waals surface area contributed by atoms with Crippen LogP contribution in [-0.4, -0.2) is 56.6 Å². The Morgan fingerprint density at radius 1 is 1.07 bits per heavy atom. The van der Waals surface area contributed by atoms with Gasteiger partial charge in [-0.2, -0.15) is 0 Å². The third-order valence-electron chi connectivity index (χ3n) is 1.83. The Morgan fingerprint density at radius 2 is 1.36 bits per heavy atom. The molecular weight excluding hydrogens is 188 g/mol. The van der Waals surface area contributed by atoms with E-state index in [0.29, 0.717) is 0 Å². The van der Waals surface area contributed by atoms with Crippen molar-refractivity contribution >= 4 is 0 Å². The summed E-state index contributed by atoms with van der Waals surface area (Å²) in [6.45, 7) is 4.03. The van der Waals surface area contributed by atoms with Gasteiger partial charge in [-0.25, -0.2) is 0 Å². The van der Waals surface area contributed by atoms with Gasteiger partial charge in [0.05, 0.1) is 19.8 Å². The molecule has 5 N–H and O–H groups in total. The fourth-order valence-electron chi connectivity index (χ4n) is 0.538. The molecule has 0 aromatic heterocycles. The van der Waals surface area contributed by atoms with Crippen LogP contribution in [0.15, 0.2) is 12.7 Å². The summed E-state index contributed by atoms with van der Waals surface area (Å²) in [7, 11) is 0. The van der Waals surface area contributed by atoms with Crippen LogP contribution in [0.25, 0.3) is 0 Å². The van der Waals surface area contributed by atoms with Gasteiger partial charge in [0.2, 0.25) is 0 Å². The van der Waals surface area contributed by atoms with Gasteiger partial charge in [0.25, 0.3) is 0 Å². The largest absolute Gasteiger partial charge is 0.393 e. The van der Waals surface area contributed by atoms with Gasteiger partial charge >= 0.3 is 0 Å². The van der Waals surface area contributed by atoms with E-state index in [-0.39, 0.29) is 0 Å². The van der Waals surface area contributed by atoms with Crippen molar-refractivity contribution in [1.29, 1.82) is 0 Å². The van der Waals surface area contributed by atoms with Crippen molar-refractivity contribution in [3.8, 4) is 0 Å². The molecule has 5 nitrogen and oxygen atoms in total. The average Bonchev–Trinajstić information content (AvgIpc) is 2.17. The number of aliphatic hydroxyl groups excluding tert-OH is 3. The van der Waals surface area contributed by atoms with E-state index in [1.165, 1.54) is 0 Å². The molecule has 1 atom stereocenters. The Hall–Kier alpha value is -0.460. The molecule has 0 aliphatic carbocycles. The van der Waals surface area contributed by atoms with E-state index in [1.807, 2.05) is 6.92 Å². The molecule has 0 aromatic carbocycles. The molecule has 0 radical (unpaired) electrons. The normalized spacial score (nSPS) is 15.1. The van der Waals surface area contributed by atoms with E-state index in [9.17, 15) is 10.2 Å². The molecule has 1 unspecified atom stereocenters. The second-order valence-electron chi connectivity index (χ2n) is 3.19. The summed E-state index contributed by atoms with van der Waals surface area (Å²) in [5.74, 6) is 0. The summed E-state index contributed by atoms with van der Waals surface area (Å²) in [6.07, 6.45) is 1.75. The summed E-state index contributed by atoms with van der Waals surface area (Å²) in [6, 6.07) is 0. The average molecular weight is 208 g/mol. The highest BCUT2D eigenvalue weighted by Crippen LogP contribution is 2.20. The Balaban J connectivity index is 0. The molecule has 0 saturated heterocycles. The van der Waals surface area contributed by atoms with Gasteiger partial charge in [-0.15, -0.1) is 6.58 Å². The van der Waals surface area contributed by atoms with E-state index in [0.717, 1.165) is 6.92 Å². The first-order valence-corrected chi connectivity index (χ1v) is 4.19. The minimum absolute atomic E-state index is 0.732. The van der Waals surface area contributed by atoms with Crippen molar-refractivity contribution in [3.05, 3.63) is 12.7 Å². The van der Waals surface area contributed by atoms with Crippen LogP contribution in [0.3, 0.4) is 0 Å². The first-order valence-electron chi connectivity index (χ1n) is 4.19. The van der Waals surface area contributed by atoms with Gasteiger partial charge in [-0.05, 0) is 13.8 Å². The Kier molecular flexibility index (Phi) is 7.90. The molecule has 0 fully saturated rings. The maximum atomic E-state index is 9.25. The smallest absolute Gasteiger partial charge is 0.141 e. The lowest BCUT2D eigenvalue weighted by Gasteiger charge is -2.36. The molecule has 0 aromatic rings. The van der Waals surface area contributed by atoms with Crippen molar-refractivity contribution in [1.82, 2.24) is 0 Å². The minimum atomic E-state index is -2.05. The first-order chi connectivity index (χ1) is 6.35. The summed E-state index contributed by atoms with van der Waals surface area (Å²) in [5.41, 5.74) is -3.95. The highest BCUT2D eigenvalue weighted by molar-refractivity contribution is 4.95. The number of hydrogen-bond acceptors (Lipinski definition) is 5. The maximum Gasteiger partial charge on any atom is 0.141 e. The van der Waals surface area contributed by atoms with Crippen LogP contribution in [0.4, 0.5) is 0 Å². The Bertz CT molecular complexity index is 151. The highest BCUT2D eigenvalue weighted by atomic mass is 16.4. The van der Waals surface area contributed by atoms with Crippen LogP contribution in [-0.2, 0) is 0 Å². The van der Waals surface area contributed by atoms with E-state index in [1.54, 1.807) is 6.08 Å². The monoisotopic (exact) mass is 208 g/mol. The van der Waals surface area contributed by atoms with E-state index < -0.39 is 31.0 Å². The molecule has 0 amide bonds. The van der Waals surface area contributed by atoms with Gasteiger partial charge in [-0.3, -0.25) is 0 Å². The zero-order chi connectivity index (χ0) is 11.8. The van der Waals surface area contributed by atoms with Crippen LogP contribution in [0.5, 0.6) is 0 Å². The van der Waals surface area contributed by atoms with E-state index in [4.69, 9.17) is 15.3 Å².